The van der Waals surface area contributed by atoms with Crippen molar-refractivity contribution in [2.24, 2.45) is 5.73 Å². The Morgan fingerprint density at radius 2 is 2.22 bits per heavy atom. The summed E-state index contributed by atoms with van der Waals surface area (Å²) in [7, 11) is 0. The third-order valence-electron chi connectivity index (χ3n) is 2.79. The van der Waals surface area contributed by atoms with Crippen LogP contribution in [0.2, 0.25) is 0 Å². The molecular formula is C14H23N3O. The van der Waals surface area contributed by atoms with Gasteiger partial charge in [0.25, 0.3) is 0 Å². The third kappa shape index (κ3) is 5.19. The summed E-state index contributed by atoms with van der Waals surface area (Å²) >= 11 is 0. The van der Waals surface area contributed by atoms with Crippen LogP contribution in [0.15, 0.2) is 24.3 Å². The fraction of sp³-hybridized carbons (Fsp3) is 0.500. The second-order valence-electron chi connectivity index (χ2n) is 4.55. The number of nitrogens with two attached hydrogens (primary N) is 1. The molecule has 0 fully saturated rings. The van der Waals surface area contributed by atoms with Crippen molar-refractivity contribution in [1.82, 2.24) is 5.32 Å². The molecule has 0 saturated heterocycles. The van der Waals surface area contributed by atoms with Crippen molar-refractivity contribution in [2.45, 2.75) is 45.7 Å². The first-order valence-electron chi connectivity index (χ1n) is 6.52. The standard InChI is InChI=1S/C14H23N3O/c1-3-4-6-11(2)16-14(18)17-13-8-5-7-12(9-13)10-15/h5,7-9,11H,3-4,6,10,15H2,1-2H3,(H2,16,17,18). The fourth-order valence-corrected chi connectivity index (χ4v) is 1.75. The average Bonchev–Trinajstić information content (AvgIpc) is 2.36. The Labute approximate surface area is 109 Å². The molecule has 0 aliphatic carbocycles. The lowest BCUT2D eigenvalue weighted by Crippen LogP contribution is -2.36. The van der Waals surface area contributed by atoms with Gasteiger partial charge in [-0.3, -0.25) is 0 Å². The van der Waals surface area contributed by atoms with Gasteiger partial charge in [0.05, 0.1) is 0 Å². The molecule has 4 heteroatoms. The predicted octanol–water partition coefficient (Wildman–Crippen LogP) is 2.85. The van der Waals surface area contributed by atoms with E-state index in [4.69, 9.17) is 5.73 Å². The SMILES string of the molecule is CCCCC(C)NC(=O)Nc1cccc(CN)c1. The van der Waals surface area contributed by atoms with E-state index in [1.807, 2.05) is 31.2 Å². The van der Waals surface area contributed by atoms with Gasteiger partial charge in [0, 0.05) is 18.3 Å². The second-order valence-corrected chi connectivity index (χ2v) is 4.55. The molecule has 0 radical (unpaired) electrons. The summed E-state index contributed by atoms with van der Waals surface area (Å²) in [5.74, 6) is 0. The zero-order chi connectivity index (χ0) is 13.4. The van der Waals surface area contributed by atoms with Crippen LogP contribution in [0.25, 0.3) is 0 Å². The minimum atomic E-state index is -0.159. The lowest BCUT2D eigenvalue weighted by atomic mass is 10.1. The summed E-state index contributed by atoms with van der Waals surface area (Å²) < 4.78 is 0. The number of benzene rings is 1. The summed E-state index contributed by atoms with van der Waals surface area (Å²) in [5.41, 5.74) is 7.34. The van der Waals surface area contributed by atoms with E-state index in [2.05, 4.69) is 17.6 Å². The van der Waals surface area contributed by atoms with Crippen LogP contribution in [0.3, 0.4) is 0 Å². The van der Waals surface area contributed by atoms with E-state index in [1.54, 1.807) is 0 Å². The van der Waals surface area contributed by atoms with Crippen LogP contribution in [0, 0.1) is 0 Å². The maximum absolute atomic E-state index is 11.7. The van der Waals surface area contributed by atoms with Gasteiger partial charge >= 0.3 is 6.03 Å². The van der Waals surface area contributed by atoms with E-state index in [0.29, 0.717) is 6.54 Å². The monoisotopic (exact) mass is 249 g/mol. The third-order valence-corrected chi connectivity index (χ3v) is 2.79. The molecule has 1 aromatic rings. The van der Waals surface area contributed by atoms with Crippen LogP contribution in [-0.4, -0.2) is 12.1 Å². The predicted molar refractivity (Wildman–Crippen MR) is 75.5 cm³/mol. The van der Waals surface area contributed by atoms with E-state index in [-0.39, 0.29) is 12.1 Å². The quantitative estimate of drug-likeness (QED) is 0.725. The van der Waals surface area contributed by atoms with Crippen LogP contribution in [-0.2, 0) is 6.54 Å². The molecule has 4 nitrogen and oxygen atoms in total. The second kappa shape index (κ2) is 7.71. The molecule has 1 rings (SSSR count). The molecule has 0 heterocycles. The molecule has 0 saturated carbocycles. The first-order valence-corrected chi connectivity index (χ1v) is 6.52. The Morgan fingerprint density at radius 3 is 2.89 bits per heavy atom. The van der Waals surface area contributed by atoms with Gasteiger partial charge in [-0.05, 0) is 31.0 Å². The molecule has 18 heavy (non-hydrogen) atoms. The molecule has 1 atom stereocenters. The number of carbonyl (C=O) groups is 1. The van der Waals surface area contributed by atoms with Gasteiger partial charge in [0.1, 0.15) is 0 Å². The maximum Gasteiger partial charge on any atom is 0.319 e. The van der Waals surface area contributed by atoms with Crippen LogP contribution in [0.1, 0.15) is 38.7 Å². The molecule has 0 spiro atoms. The van der Waals surface area contributed by atoms with Crippen LogP contribution in [0.4, 0.5) is 10.5 Å². The van der Waals surface area contributed by atoms with Crippen molar-refractivity contribution in [3.8, 4) is 0 Å². The molecule has 2 amide bonds. The number of rotatable bonds is 6. The van der Waals surface area contributed by atoms with Crippen LogP contribution >= 0.6 is 0 Å². The van der Waals surface area contributed by atoms with Gasteiger partial charge in [-0.1, -0.05) is 31.9 Å². The van der Waals surface area contributed by atoms with Crippen molar-refractivity contribution in [3.05, 3.63) is 29.8 Å². The minimum Gasteiger partial charge on any atom is -0.335 e. The van der Waals surface area contributed by atoms with Crippen molar-refractivity contribution < 1.29 is 4.79 Å². The summed E-state index contributed by atoms with van der Waals surface area (Å²) in [6.07, 6.45) is 3.28. The highest BCUT2D eigenvalue weighted by Gasteiger charge is 2.06. The van der Waals surface area contributed by atoms with Gasteiger partial charge in [-0.15, -0.1) is 0 Å². The van der Waals surface area contributed by atoms with E-state index in [9.17, 15) is 4.79 Å². The number of anilines is 1. The topological polar surface area (TPSA) is 67.2 Å². The van der Waals surface area contributed by atoms with Gasteiger partial charge in [0.15, 0.2) is 0 Å². The zero-order valence-electron chi connectivity index (χ0n) is 11.2. The Morgan fingerprint density at radius 1 is 1.44 bits per heavy atom. The highest BCUT2D eigenvalue weighted by atomic mass is 16.2. The number of carbonyl (C=O) groups excluding carboxylic acids is 1. The number of urea groups is 1. The lowest BCUT2D eigenvalue weighted by Gasteiger charge is -2.14. The minimum absolute atomic E-state index is 0.159. The first kappa shape index (κ1) is 14.5. The van der Waals surface area contributed by atoms with E-state index >= 15 is 0 Å². The Hall–Kier alpha value is -1.55. The molecule has 0 aliphatic heterocycles. The summed E-state index contributed by atoms with van der Waals surface area (Å²) in [5, 5.41) is 5.74. The van der Waals surface area contributed by atoms with Crippen molar-refractivity contribution in [1.29, 1.82) is 0 Å². The van der Waals surface area contributed by atoms with Gasteiger partial charge < -0.3 is 16.4 Å². The molecular weight excluding hydrogens is 226 g/mol. The number of hydrogen-bond donors (Lipinski definition) is 3. The smallest absolute Gasteiger partial charge is 0.319 e. The average molecular weight is 249 g/mol. The number of hydrogen-bond acceptors (Lipinski definition) is 2. The summed E-state index contributed by atoms with van der Waals surface area (Å²) in [4.78, 5) is 11.7. The maximum atomic E-state index is 11.7. The van der Waals surface area contributed by atoms with Crippen molar-refractivity contribution in [2.75, 3.05) is 5.32 Å². The van der Waals surface area contributed by atoms with Crippen LogP contribution in [0.5, 0.6) is 0 Å². The van der Waals surface area contributed by atoms with E-state index in [1.165, 1.54) is 0 Å². The number of amides is 2. The first-order chi connectivity index (χ1) is 8.65. The highest BCUT2D eigenvalue weighted by Crippen LogP contribution is 2.10. The molecule has 0 aliphatic rings. The summed E-state index contributed by atoms with van der Waals surface area (Å²) in [6.45, 7) is 4.64. The Kier molecular flexibility index (Phi) is 6.22. The molecule has 100 valence electrons. The molecule has 1 aromatic carbocycles. The number of nitrogens with one attached hydrogen (secondary N) is 2. The normalized spacial score (nSPS) is 11.9. The lowest BCUT2D eigenvalue weighted by molar-refractivity contribution is 0.248. The molecule has 1 unspecified atom stereocenters. The Bertz CT molecular complexity index is 379. The van der Waals surface area contributed by atoms with E-state index < -0.39 is 0 Å². The summed E-state index contributed by atoms with van der Waals surface area (Å²) in [6, 6.07) is 7.60. The van der Waals surface area contributed by atoms with Gasteiger partial charge in [-0.25, -0.2) is 4.79 Å². The number of unbranched alkanes of at least 4 members (excludes halogenated alkanes) is 1. The van der Waals surface area contributed by atoms with E-state index in [0.717, 1.165) is 30.5 Å². The molecule has 4 N–H and O–H groups in total. The largest absolute Gasteiger partial charge is 0.335 e. The van der Waals surface area contributed by atoms with Gasteiger partial charge in [0.2, 0.25) is 0 Å². The molecule has 0 bridgehead atoms. The fourth-order valence-electron chi connectivity index (χ4n) is 1.75. The van der Waals surface area contributed by atoms with Gasteiger partial charge in [-0.2, -0.15) is 0 Å². The van der Waals surface area contributed by atoms with Crippen molar-refractivity contribution >= 4 is 11.7 Å². The molecule has 0 aromatic heterocycles. The van der Waals surface area contributed by atoms with Crippen LogP contribution < -0.4 is 16.4 Å². The van der Waals surface area contributed by atoms with Crippen molar-refractivity contribution in [3.63, 3.8) is 0 Å². The Balaban J connectivity index is 2.43. The highest BCUT2D eigenvalue weighted by molar-refractivity contribution is 5.89. The zero-order valence-corrected chi connectivity index (χ0v) is 11.2.